The van der Waals surface area contributed by atoms with Gasteiger partial charge in [0.2, 0.25) is 5.91 Å². The fourth-order valence-corrected chi connectivity index (χ4v) is 2.47. The normalized spacial score (nSPS) is 15.5. The van der Waals surface area contributed by atoms with Crippen LogP contribution in [0.5, 0.6) is 0 Å². The lowest BCUT2D eigenvalue weighted by Gasteiger charge is -2.26. The van der Waals surface area contributed by atoms with Gasteiger partial charge < -0.3 is 10.1 Å². The molecule has 1 fully saturated rings. The molecule has 1 amide bonds. The Bertz CT molecular complexity index is 607. The van der Waals surface area contributed by atoms with Crippen molar-refractivity contribution in [3.63, 3.8) is 0 Å². The van der Waals surface area contributed by atoms with Gasteiger partial charge in [-0.15, -0.1) is 5.10 Å². The molecule has 8 heteroatoms. The van der Waals surface area contributed by atoms with Crippen molar-refractivity contribution in [3.8, 4) is 0 Å². The van der Waals surface area contributed by atoms with Gasteiger partial charge in [0.15, 0.2) is 0 Å². The molecule has 2 heterocycles. The van der Waals surface area contributed by atoms with E-state index in [2.05, 4.69) is 25.7 Å². The molecule has 1 aromatic heterocycles. The van der Waals surface area contributed by atoms with Crippen LogP contribution in [-0.2, 0) is 22.5 Å². The minimum atomic E-state index is -0.154. The number of hydrogen-bond acceptors (Lipinski definition) is 6. The Hall–Kier alpha value is -2.32. The number of aromatic nitrogens is 4. The van der Waals surface area contributed by atoms with Gasteiger partial charge in [-0.05, 0) is 34.5 Å². The van der Waals surface area contributed by atoms with E-state index in [-0.39, 0.29) is 12.5 Å². The van der Waals surface area contributed by atoms with Crippen molar-refractivity contribution >= 4 is 11.6 Å². The Morgan fingerprint density at radius 2 is 2.00 bits per heavy atom. The third-order valence-corrected chi connectivity index (χ3v) is 3.76. The summed E-state index contributed by atoms with van der Waals surface area (Å²) in [5.74, 6) is -0.154. The first-order chi connectivity index (χ1) is 11.3. The predicted molar refractivity (Wildman–Crippen MR) is 83.9 cm³/mol. The van der Waals surface area contributed by atoms with Crippen LogP contribution >= 0.6 is 0 Å². The number of anilines is 1. The second kappa shape index (κ2) is 7.80. The van der Waals surface area contributed by atoms with E-state index in [4.69, 9.17) is 4.74 Å². The summed E-state index contributed by atoms with van der Waals surface area (Å²) in [5.41, 5.74) is 2.04. The molecule has 0 spiro atoms. The molecule has 3 rings (SSSR count). The molecule has 0 unspecified atom stereocenters. The molecule has 23 heavy (non-hydrogen) atoms. The number of nitrogens with one attached hydrogen (secondary N) is 1. The number of amides is 1. The number of tetrazole rings is 1. The number of benzene rings is 1. The molecule has 122 valence electrons. The lowest BCUT2D eigenvalue weighted by atomic mass is 10.1. The third-order valence-electron chi connectivity index (χ3n) is 3.76. The van der Waals surface area contributed by atoms with Crippen molar-refractivity contribution < 1.29 is 9.53 Å². The molecule has 0 radical (unpaired) electrons. The first-order valence-electron chi connectivity index (χ1n) is 7.69. The van der Waals surface area contributed by atoms with Crippen LogP contribution < -0.4 is 5.32 Å². The zero-order valence-corrected chi connectivity index (χ0v) is 12.9. The van der Waals surface area contributed by atoms with Gasteiger partial charge in [0.05, 0.1) is 13.2 Å². The van der Waals surface area contributed by atoms with E-state index in [1.807, 2.05) is 24.3 Å². The molecule has 2 aromatic rings. The number of carbonyl (C=O) groups excluding carboxylic acids is 1. The molecule has 1 N–H and O–H groups in total. The van der Waals surface area contributed by atoms with Gasteiger partial charge in [0.1, 0.15) is 12.9 Å². The average molecular weight is 316 g/mol. The van der Waals surface area contributed by atoms with E-state index in [1.54, 1.807) is 0 Å². The Balaban J connectivity index is 1.45. The van der Waals surface area contributed by atoms with E-state index in [0.717, 1.165) is 45.0 Å². The van der Waals surface area contributed by atoms with Crippen LogP contribution in [-0.4, -0.2) is 63.9 Å². The molecule has 8 nitrogen and oxygen atoms in total. The lowest BCUT2D eigenvalue weighted by Crippen LogP contribution is -2.37. The molecule has 0 bridgehead atoms. The molecule has 1 saturated heterocycles. The van der Waals surface area contributed by atoms with E-state index < -0.39 is 0 Å². The number of ether oxygens (including phenoxy) is 1. The highest BCUT2D eigenvalue weighted by Gasteiger charge is 2.10. The maximum atomic E-state index is 11.9. The Labute approximate surface area is 134 Å². The van der Waals surface area contributed by atoms with Crippen molar-refractivity contribution in [2.75, 3.05) is 38.2 Å². The second-order valence-electron chi connectivity index (χ2n) is 5.46. The summed E-state index contributed by atoms with van der Waals surface area (Å²) in [6, 6.07) is 7.94. The highest BCUT2D eigenvalue weighted by atomic mass is 16.5. The highest BCUT2D eigenvalue weighted by Crippen LogP contribution is 2.11. The second-order valence-corrected chi connectivity index (χ2v) is 5.46. The largest absolute Gasteiger partial charge is 0.379 e. The Kier molecular flexibility index (Phi) is 5.28. The van der Waals surface area contributed by atoms with E-state index in [1.165, 1.54) is 16.6 Å². The van der Waals surface area contributed by atoms with Crippen LogP contribution in [0.3, 0.4) is 0 Å². The summed E-state index contributed by atoms with van der Waals surface area (Å²) in [7, 11) is 0. The van der Waals surface area contributed by atoms with Gasteiger partial charge in [0.25, 0.3) is 0 Å². The molecule has 0 atom stereocenters. The van der Waals surface area contributed by atoms with E-state index in [0.29, 0.717) is 0 Å². The summed E-state index contributed by atoms with van der Waals surface area (Å²) < 4.78 is 6.73. The zero-order chi connectivity index (χ0) is 15.9. The molecule has 0 aliphatic carbocycles. The number of nitrogens with zero attached hydrogens (tertiary/aromatic N) is 5. The summed E-state index contributed by atoms with van der Waals surface area (Å²) in [6.07, 6.45) is 2.41. The van der Waals surface area contributed by atoms with Gasteiger partial charge >= 0.3 is 0 Å². The third kappa shape index (κ3) is 4.83. The predicted octanol–water partition coefficient (Wildman–Crippen LogP) is 0.187. The Morgan fingerprint density at radius 3 is 2.70 bits per heavy atom. The van der Waals surface area contributed by atoms with Gasteiger partial charge in [-0.3, -0.25) is 9.69 Å². The summed E-state index contributed by atoms with van der Waals surface area (Å²) in [6.45, 7) is 4.80. The van der Waals surface area contributed by atoms with Crippen LogP contribution in [0.25, 0.3) is 0 Å². The maximum absolute atomic E-state index is 11.9. The number of morpholine rings is 1. The average Bonchev–Trinajstić information content (AvgIpc) is 3.08. The fourth-order valence-electron chi connectivity index (χ4n) is 2.47. The van der Waals surface area contributed by atoms with Crippen LogP contribution in [0.4, 0.5) is 5.69 Å². The quantitative estimate of drug-likeness (QED) is 0.819. The van der Waals surface area contributed by atoms with Gasteiger partial charge in [-0.1, -0.05) is 12.1 Å². The zero-order valence-electron chi connectivity index (χ0n) is 12.9. The van der Waals surface area contributed by atoms with Crippen molar-refractivity contribution in [2.45, 2.75) is 13.0 Å². The number of rotatable bonds is 6. The molecule has 1 aromatic carbocycles. The molecule has 1 aliphatic rings. The standard InChI is InChI=1S/C15H20N6O2/c22-15(11-21-12-16-18-19-21)17-14-3-1-13(2-4-14)5-6-20-7-9-23-10-8-20/h1-4,12H,5-11H2,(H,17,22). The lowest BCUT2D eigenvalue weighted by molar-refractivity contribution is -0.116. The fraction of sp³-hybridized carbons (Fsp3) is 0.467. The van der Waals surface area contributed by atoms with Gasteiger partial charge in [-0.2, -0.15) is 0 Å². The molecule has 0 saturated carbocycles. The van der Waals surface area contributed by atoms with Crippen LogP contribution in [0.2, 0.25) is 0 Å². The topological polar surface area (TPSA) is 85.2 Å². The van der Waals surface area contributed by atoms with Crippen molar-refractivity contribution in [2.24, 2.45) is 0 Å². The SMILES string of the molecule is O=C(Cn1cnnn1)Nc1ccc(CCN2CCOCC2)cc1. The van der Waals surface area contributed by atoms with Crippen molar-refractivity contribution in [1.82, 2.24) is 25.1 Å². The highest BCUT2D eigenvalue weighted by molar-refractivity contribution is 5.90. The van der Waals surface area contributed by atoms with Crippen LogP contribution in [0.1, 0.15) is 5.56 Å². The first-order valence-corrected chi connectivity index (χ1v) is 7.69. The van der Waals surface area contributed by atoms with Gasteiger partial charge in [-0.25, -0.2) is 4.68 Å². The summed E-state index contributed by atoms with van der Waals surface area (Å²) in [4.78, 5) is 14.3. The number of hydrogen-bond donors (Lipinski definition) is 1. The molecule has 1 aliphatic heterocycles. The monoisotopic (exact) mass is 316 g/mol. The number of carbonyl (C=O) groups is 1. The van der Waals surface area contributed by atoms with Crippen LogP contribution in [0.15, 0.2) is 30.6 Å². The van der Waals surface area contributed by atoms with Crippen molar-refractivity contribution in [3.05, 3.63) is 36.2 Å². The maximum Gasteiger partial charge on any atom is 0.246 e. The van der Waals surface area contributed by atoms with E-state index >= 15 is 0 Å². The molecular weight excluding hydrogens is 296 g/mol. The van der Waals surface area contributed by atoms with Gasteiger partial charge in [0, 0.05) is 25.3 Å². The summed E-state index contributed by atoms with van der Waals surface area (Å²) in [5, 5.41) is 13.5. The minimum Gasteiger partial charge on any atom is -0.379 e. The smallest absolute Gasteiger partial charge is 0.246 e. The summed E-state index contributed by atoms with van der Waals surface area (Å²) >= 11 is 0. The minimum absolute atomic E-state index is 0.103. The first kappa shape index (κ1) is 15.6. The van der Waals surface area contributed by atoms with E-state index in [9.17, 15) is 4.79 Å². The Morgan fingerprint density at radius 1 is 1.22 bits per heavy atom. The van der Waals surface area contributed by atoms with Crippen LogP contribution in [0, 0.1) is 0 Å². The molecular formula is C15H20N6O2. The van der Waals surface area contributed by atoms with Crippen molar-refractivity contribution in [1.29, 1.82) is 0 Å².